The van der Waals surface area contributed by atoms with Gasteiger partial charge in [-0.25, -0.2) is 0 Å². The lowest BCUT2D eigenvalue weighted by Crippen LogP contribution is -2.27. The topological polar surface area (TPSA) is 44.5 Å². The maximum absolute atomic E-state index is 5.66. The molecule has 4 heteroatoms. The summed E-state index contributed by atoms with van der Waals surface area (Å²) in [7, 11) is 3.24. The molecule has 1 unspecified atom stereocenters. The molecule has 0 amide bonds. The first kappa shape index (κ1) is 13.7. The fourth-order valence-electron chi connectivity index (χ4n) is 0.703. The highest BCUT2D eigenvalue weighted by Gasteiger charge is 2.09. The molecule has 0 aromatic heterocycles. The van der Waals surface area contributed by atoms with Gasteiger partial charge < -0.3 is 15.2 Å². The van der Waals surface area contributed by atoms with Crippen molar-refractivity contribution < 1.29 is 9.47 Å². The minimum absolute atomic E-state index is 0. The number of hydrogen-bond donors (Lipinski definition) is 1. The molecule has 2 N–H and O–H groups in total. The Hall–Kier alpha value is 0.170. The number of ether oxygens (including phenoxy) is 2. The SMILES string of the molecule is CCC(N)CC(OC)OC.Cl. The monoisotopic (exact) mass is 183 g/mol. The van der Waals surface area contributed by atoms with Crippen LogP contribution in [0.4, 0.5) is 0 Å². The van der Waals surface area contributed by atoms with Crippen LogP contribution in [0, 0.1) is 0 Å². The Balaban J connectivity index is 0. The third-order valence-corrected chi connectivity index (χ3v) is 1.55. The standard InChI is InChI=1S/C7H17NO2.ClH/c1-4-6(8)5-7(9-2)10-3;/h6-7H,4-5,8H2,1-3H3;1H. The van der Waals surface area contributed by atoms with Crippen molar-refractivity contribution in [3.8, 4) is 0 Å². The van der Waals surface area contributed by atoms with Crippen molar-refractivity contribution in [2.45, 2.75) is 32.1 Å². The molecule has 0 saturated heterocycles. The second-order valence-corrected chi connectivity index (χ2v) is 2.30. The molecule has 0 saturated carbocycles. The van der Waals surface area contributed by atoms with E-state index in [1.165, 1.54) is 0 Å². The minimum atomic E-state index is -0.144. The van der Waals surface area contributed by atoms with Gasteiger partial charge in [0.05, 0.1) is 0 Å². The summed E-state index contributed by atoms with van der Waals surface area (Å²) in [5.41, 5.74) is 5.66. The molecule has 1 atom stereocenters. The van der Waals surface area contributed by atoms with Gasteiger partial charge in [0.25, 0.3) is 0 Å². The number of methoxy groups -OCH3 is 2. The van der Waals surface area contributed by atoms with Crippen molar-refractivity contribution in [2.24, 2.45) is 5.73 Å². The summed E-state index contributed by atoms with van der Waals surface area (Å²) in [4.78, 5) is 0. The highest BCUT2D eigenvalue weighted by molar-refractivity contribution is 5.85. The molecule has 0 radical (unpaired) electrons. The molecule has 0 bridgehead atoms. The number of rotatable bonds is 5. The van der Waals surface area contributed by atoms with Gasteiger partial charge in [0.1, 0.15) is 0 Å². The first-order chi connectivity index (χ1) is 4.74. The largest absolute Gasteiger partial charge is 0.356 e. The molecule has 70 valence electrons. The number of nitrogens with two attached hydrogens (primary N) is 1. The lowest BCUT2D eigenvalue weighted by Gasteiger charge is -2.16. The number of halogens is 1. The summed E-state index contributed by atoms with van der Waals surface area (Å²) in [6.45, 7) is 2.05. The van der Waals surface area contributed by atoms with Crippen molar-refractivity contribution in [3.63, 3.8) is 0 Å². The Morgan fingerprint density at radius 2 is 1.73 bits per heavy atom. The lowest BCUT2D eigenvalue weighted by atomic mass is 10.2. The molecule has 0 fully saturated rings. The second-order valence-electron chi connectivity index (χ2n) is 2.30. The predicted molar refractivity (Wildman–Crippen MR) is 47.9 cm³/mol. The van der Waals surface area contributed by atoms with Gasteiger partial charge in [-0.15, -0.1) is 12.4 Å². The summed E-state index contributed by atoms with van der Waals surface area (Å²) in [5, 5.41) is 0. The molecule has 0 rings (SSSR count). The average molecular weight is 184 g/mol. The first-order valence-corrected chi connectivity index (χ1v) is 3.55. The van der Waals surface area contributed by atoms with Gasteiger partial charge in [-0.2, -0.15) is 0 Å². The van der Waals surface area contributed by atoms with Crippen molar-refractivity contribution in [1.82, 2.24) is 0 Å². The zero-order valence-electron chi connectivity index (χ0n) is 7.37. The second kappa shape index (κ2) is 8.27. The molecule has 0 heterocycles. The highest BCUT2D eigenvalue weighted by atomic mass is 35.5. The van der Waals surface area contributed by atoms with Gasteiger partial charge >= 0.3 is 0 Å². The fourth-order valence-corrected chi connectivity index (χ4v) is 0.703. The third kappa shape index (κ3) is 6.56. The van der Waals surface area contributed by atoms with E-state index in [2.05, 4.69) is 0 Å². The summed E-state index contributed by atoms with van der Waals surface area (Å²) in [6.07, 6.45) is 1.59. The molecular weight excluding hydrogens is 166 g/mol. The van der Waals surface area contributed by atoms with E-state index in [0.29, 0.717) is 0 Å². The lowest BCUT2D eigenvalue weighted by molar-refractivity contribution is -0.109. The van der Waals surface area contributed by atoms with E-state index in [0.717, 1.165) is 12.8 Å². The van der Waals surface area contributed by atoms with Gasteiger partial charge in [0.2, 0.25) is 0 Å². The molecule has 0 spiro atoms. The molecule has 0 aromatic rings. The summed E-state index contributed by atoms with van der Waals surface area (Å²) in [6, 6.07) is 0.185. The van der Waals surface area contributed by atoms with E-state index in [1.807, 2.05) is 6.92 Å². The van der Waals surface area contributed by atoms with Crippen LogP contribution < -0.4 is 5.73 Å². The maximum atomic E-state index is 5.66. The Morgan fingerprint density at radius 1 is 1.27 bits per heavy atom. The van der Waals surface area contributed by atoms with Crippen LogP contribution in [0.1, 0.15) is 19.8 Å². The Morgan fingerprint density at radius 3 is 2.00 bits per heavy atom. The predicted octanol–water partition coefficient (Wildman–Crippen LogP) is 1.15. The first-order valence-electron chi connectivity index (χ1n) is 3.55. The summed E-state index contributed by atoms with van der Waals surface area (Å²) >= 11 is 0. The zero-order valence-corrected chi connectivity index (χ0v) is 8.19. The van der Waals surface area contributed by atoms with Gasteiger partial charge in [-0.05, 0) is 6.42 Å². The van der Waals surface area contributed by atoms with Crippen molar-refractivity contribution >= 4 is 12.4 Å². The van der Waals surface area contributed by atoms with Crippen molar-refractivity contribution in [1.29, 1.82) is 0 Å². The Bertz CT molecular complexity index is 78.8. The van der Waals surface area contributed by atoms with E-state index >= 15 is 0 Å². The summed E-state index contributed by atoms with van der Waals surface area (Å²) < 4.78 is 9.94. The van der Waals surface area contributed by atoms with Crippen LogP contribution in [0.3, 0.4) is 0 Å². The smallest absolute Gasteiger partial charge is 0.158 e. The quantitative estimate of drug-likeness (QED) is 0.651. The van der Waals surface area contributed by atoms with Crippen LogP contribution in [0.5, 0.6) is 0 Å². The van der Waals surface area contributed by atoms with E-state index in [1.54, 1.807) is 14.2 Å². The summed E-state index contributed by atoms with van der Waals surface area (Å²) in [5.74, 6) is 0. The Labute approximate surface area is 74.6 Å². The molecular formula is C7H18ClNO2. The van der Waals surface area contributed by atoms with Crippen LogP contribution in [0.2, 0.25) is 0 Å². The number of hydrogen-bond acceptors (Lipinski definition) is 3. The fraction of sp³-hybridized carbons (Fsp3) is 1.00. The third-order valence-electron chi connectivity index (χ3n) is 1.55. The average Bonchev–Trinajstić information content (AvgIpc) is 1.99. The molecule has 0 aliphatic carbocycles. The van der Waals surface area contributed by atoms with E-state index in [9.17, 15) is 0 Å². The Kier molecular flexibility index (Phi) is 10.3. The van der Waals surface area contributed by atoms with Gasteiger partial charge in [-0.1, -0.05) is 6.92 Å². The molecule has 3 nitrogen and oxygen atoms in total. The van der Waals surface area contributed by atoms with Gasteiger partial charge in [0.15, 0.2) is 6.29 Å². The van der Waals surface area contributed by atoms with Crippen LogP contribution in [-0.2, 0) is 9.47 Å². The minimum Gasteiger partial charge on any atom is -0.356 e. The zero-order chi connectivity index (χ0) is 7.98. The molecule has 0 aliphatic heterocycles. The maximum Gasteiger partial charge on any atom is 0.158 e. The van der Waals surface area contributed by atoms with Crippen LogP contribution in [0.15, 0.2) is 0 Å². The van der Waals surface area contributed by atoms with Crippen molar-refractivity contribution in [3.05, 3.63) is 0 Å². The van der Waals surface area contributed by atoms with Gasteiger partial charge in [-0.3, -0.25) is 0 Å². The van der Waals surface area contributed by atoms with Gasteiger partial charge in [0, 0.05) is 26.7 Å². The van der Waals surface area contributed by atoms with Crippen LogP contribution in [-0.4, -0.2) is 26.6 Å². The normalized spacial score (nSPS) is 12.8. The van der Waals surface area contributed by atoms with E-state index in [-0.39, 0.29) is 24.7 Å². The van der Waals surface area contributed by atoms with E-state index in [4.69, 9.17) is 15.2 Å². The van der Waals surface area contributed by atoms with Crippen LogP contribution in [0.25, 0.3) is 0 Å². The molecule has 0 aromatic carbocycles. The highest BCUT2D eigenvalue weighted by Crippen LogP contribution is 2.02. The molecule has 11 heavy (non-hydrogen) atoms. The van der Waals surface area contributed by atoms with E-state index < -0.39 is 0 Å². The molecule has 0 aliphatic rings. The van der Waals surface area contributed by atoms with Crippen molar-refractivity contribution in [2.75, 3.05) is 14.2 Å². The van der Waals surface area contributed by atoms with Crippen LogP contribution >= 0.6 is 12.4 Å².